The number of ether oxygens (including phenoxy) is 1. The van der Waals surface area contributed by atoms with Crippen molar-refractivity contribution in [3.05, 3.63) is 41.3 Å². The number of rotatable bonds is 3. The minimum Gasteiger partial charge on any atom is -0.497 e. The molecule has 2 heterocycles. The van der Waals surface area contributed by atoms with E-state index in [0.29, 0.717) is 5.88 Å². The van der Waals surface area contributed by atoms with E-state index in [0.717, 1.165) is 27.4 Å². The Morgan fingerprint density at radius 3 is 2.80 bits per heavy atom. The van der Waals surface area contributed by atoms with E-state index in [2.05, 4.69) is 18.1 Å². The molecule has 20 heavy (non-hydrogen) atoms. The Balaban J connectivity index is 2.15. The van der Waals surface area contributed by atoms with Gasteiger partial charge in [-0.25, -0.2) is 0 Å². The molecular formula is C15H14N2O2S. The maximum atomic E-state index is 5.94. The van der Waals surface area contributed by atoms with Crippen molar-refractivity contribution < 1.29 is 9.26 Å². The Labute approximate surface area is 120 Å². The summed E-state index contributed by atoms with van der Waals surface area (Å²) in [5.74, 6) is 1.09. The minimum atomic E-state index is 0.319. The number of benzene rings is 1. The second-order valence-corrected chi connectivity index (χ2v) is 5.70. The highest BCUT2D eigenvalue weighted by Crippen LogP contribution is 2.39. The lowest BCUT2D eigenvalue weighted by Crippen LogP contribution is -1.88. The van der Waals surface area contributed by atoms with Crippen LogP contribution in [0.5, 0.6) is 5.75 Å². The van der Waals surface area contributed by atoms with Gasteiger partial charge in [0.25, 0.3) is 0 Å². The molecule has 0 aliphatic carbocycles. The fourth-order valence-corrected chi connectivity index (χ4v) is 2.95. The summed E-state index contributed by atoms with van der Waals surface area (Å²) in [7, 11) is 1.64. The van der Waals surface area contributed by atoms with Crippen LogP contribution in [0.4, 0.5) is 5.88 Å². The van der Waals surface area contributed by atoms with Crippen molar-refractivity contribution >= 4 is 17.2 Å². The second-order valence-electron chi connectivity index (χ2n) is 4.41. The molecule has 0 bridgehead atoms. The van der Waals surface area contributed by atoms with E-state index in [1.165, 1.54) is 4.88 Å². The summed E-state index contributed by atoms with van der Waals surface area (Å²) in [4.78, 5) is 2.26. The maximum Gasteiger partial charge on any atom is 0.230 e. The molecule has 5 heteroatoms. The molecule has 0 fully saturated rings. The summed E-state index contributed by atoms with van der Waals surface area (Å²) in [6.07, 6.45) is 0. The highest BCUT2D eigenvalue weighted by molar-refractivity contribution is 7.15. The van der Waals surface area contributed by atoms with Crippen LogP contribution in [0, 0.1) is 6.92 Å². The SMILES string of the molecule is COc1cccc(-c2c(-c3ccc(C)s3)noc2N)c1. The molecule has 0 amide bonds. The third kappa shape index (κ3) is 2.16. The monoisotopic (exact) mass is 286 g/mol. The van der Waals surface area contributed by atoms with Crippen molar-refractivity contribution in [1.82, 2.24) is 5.16 Å². The number of aromatic nitrogens is 1. The molecule has 0 saturated heterocycles. The van der Waals surface area contributed by atoms with Gasteiger partial charge in [-0.15, -0.1) is 11.3 Å². The van der Waals surface area contributed by atoms with E-state index in [-0.39, 0.29) is 0 Å². The predicted octanol–water partition coefficient (Wildman–Crippen LogP) is 3.97. The van der Waals surface area contributed by atoms with Crippen LogP contribution in [0.3, 0.4) is 0 Å². The van der Waals surface area contributed by atoms with Crippen LogP contribution >= 0.6 is 11.3 Å². The van der Waals surface area contributed by atoms with Gasteiger partial charge in [-0.2, -0.15) is 0 Å². The zero-order chi connectivity index (χ0) is 14.1. The average molecular weight is 286 g/mol. The Hall–Kier alpha value is -2.27. The third-order valence-electron chi connectivity index (χ3n) is 3.05. The number of hydrogen-bond donors (Lipinski definition) is 1. The second kappa shape index (κ2) is 5.02. The van der Waals surface area contributed by atoms with E-state index in [1.807, 2.05) is 30.3 Å². The lowest BCUT2D eigenvalue weighted by Gasteiger charge is -2.04. The molecule has 0 radical (unpaired) electrons. The van der Waals surface area contributed by atoms with E-state index in [4.69, 9.17) is 15.0 Å². The quantitative estimate of drug-likeness (QED) is 0.791. The molecule has 0 aliphatic rings. The van der Waals surface area contributed by atoms with E-state index in [9.17, 15) is 0 Å². The third-order valence-corrected chi connectivity index (χ3v) is 4.06. The lowest BCUT2D eigenvalue weighted by atomic mass is 10.0. The summed E-state index contributed by atoms with van der Waals surface area (Å²) in [5, 5.41) is 4.10. The highest BCUT2D eigenvalue weighted by atomic mass is 32.1. The molecule has 0 spiro atoms. The Bertz CT molecular complexity index is 746. The van der Waals surface area contributed by atoms with E-state index in [1.54, 1.807) is 18.4 Å². The van der Waals surface area contributed by atoms with Crippen molar-refractivity contribution in [3.8, 4) is 27.4 Å². The number of hydrogen-bond acceptors (Lipinski definition) is 5. The zero-order valence-electron chi connectivity index (χ0n) is 11.2. The van der Waals surface area contributed by atoms with Crippen molar-refractivity contribution in [2.45, 2.75) is 6.92 Å². The van der Waals surface area contributed by atoms with Crippen molar-refractivity contribution in [3.63, 3.8) is 0 Å². The van der Waals surface area contributed by atoms with Crippen LogP contribution in [0.15, 0.2) is 40.9 Å². The fourth-order valence-electron chi connectivity index (χ4n) is 2.09. The van der Waals surface area contributed by atoms with Gasteiger partial charge in [0, 0.05) is 4.88 Å². The van der Waals surface area contributed by atoms with E-state index >= 15 is 0 Å². The number of nitrogens with zero attached hydrogens (tertiary/aromatic N) is 1. The summed E-state index contributed by atoms with van der Waals surface area (Å²) in [6, 6.07) is 11.8. The molecule has 0 unspecified atom stereocenters. The van der Waals surface area contributed by atoms with Crippen LogP contribution in [0.25, 0.3) is 21.7 Å². The molecule has 0 aliphatic heterocycles. The molecule has 102 valence electrons. The normalized spacial score (nSPS) is 10.7. The van der Waals surface area contributed by atoms with Gasteiger partial charge in [-0.3, -0.25) is 0 Å². The van der Waals surface area contributed by atoms with Gasteiger partial charge in [0.05, 0.1) is 17.6 Å². The average Bonchev–Trinajstić information content (AvgIpc) is 3.05. The van der Waals surface area contributed by atoms with Crippen molar-refractivity contribution in [2.24, 2.45) is 0 Å². The highest BCUT2D eigenvalue weighted by Gasteiger charge is 2.18. The largest absolute Gasteiger partial charge is 0.497 e. The van der Waals surface area contributed by atoms with Crippen molar-refractivity contribution in [1.29, 1.82) is 0 Å². The number of thiophene rings is 1. The van der Waals surface area contributed by atoms with E-state index < -0.39 is 0 Å². The number of aryl methyl sites for hydroxylation is 1. The molecular weight excluding hydrogens is 272 g/mol. The minimum absolute atomic E-state index is 0.319. The van der Waals surface area contributed by atoms with Gasteiger partial charge in [-0.05, 0) is 36.8 Å². The van der Waals surface area contributed by atoms with Crippen LogP contribution < -0.4 is 10.5 Å². The van der Waals surface area contributed by atoms with Crippen molar-refractivity contribution in [2.75, 3.05) is 12.8 Å². The van der Waals surface area contributed by atoms with Gasteiger partial charge >= 0.3 is 0 Å². The Morgan fingerprint density at radius 2 is 2.10 bits per heavy atom. The maximum absolute atomic E-state index is 5.94. The van der Waals surface area contributed by atoms with Gasteiger partial charge < -0.3 is 15.0 Å². The first-order chi connectivity index (χ1) is 9.69. The predicted molar refractivity (Wildman–Crippen MR) is 81.0 cm³/mol. The number of nitrogen functional groups attached to an aromatic ring is 1. The van der Waals surface area contributed by atoms with Crippen LogP contribution in [-0.2, 0) is 0 Å². The smallest absolute Gasteiger partial charge is 0.230 e. The molecule has 3 rings (SSSR count). The first-order valence-electron chi connectivity index (χ1n) is 6.15. The van der Waals surface area contributed by atoms with Crippen LogP contribution in [0.2, 0.25) is 0 Å². The molecule has 3 aromatic rings. The molecule has 4 nitrogen and oxygen atoms in total. The standard InChI is InChI=1S/C15H14N2O2S/c1-9-6-7-12(20-9)14-13(15(16)19-17-14)10-4-3-5-11(8-10)18-2/h3-8H,16H2,1-2H3. The summed E-state index contributed by atoms with van der Waals surface area (Å²) in [6.45, 7) is 2.06. The van der Waals surface area contributed by atoms with Gasteiger partial charge in [0.1, 0.15) is 11.4 Å². The molecule has 2 N–H and O–H groups in total. The summed E-state index contributed by atoms with van der Waals surface area (Å²) in [5.41, 5.74) is 8.46. The first-order valence-corrected chi connectivity index (χ1v) is 6.97. The number of anilines is 1. The Kier molecular flexibility index (Phi) is 3.20. The summed E-state index contributed by atoms with van der Waals surface area (Å²) >= 11 is 1.66. The summed E-state index contributed by atoms with van der Waals surface area (Å²) < 4.78 is 10.4. The zero-order valence-corrected chi connectivity index (χ0v) is 12.0. The fraction of sp³-hybridized carbons (Fsp3) is 0.133. The molecule has 0 atom stereocenters. The Morgan fingerprint density at radius 1 is 1.25 bits per heavy atom. The number of methoxy groups -OCH3 is 1. The lowest BCUT2D eigenvalue weighted by molar-refractivity contribution is 0.415. The van der Waals surface area contributed by atoms with Crippen LogP contribution in [-0.4, -0.2) is 12.3 Å². The van der Waals surface area contributed by atoms with Gasteiger partial charge in [0.15, 0.2) is 0 Å². The first kappa shape index (κ1) is 12.7. The molecule has 0 saturated carbocycles. The number of nitrogens with two attached hydrogens (primary N) is 1. The van der Waals surface area contributed by atoms with Gasteiger partial charge in [-0.1, -0.05) is 17.3 Å². The molecule has 2 aromatic heterocycles. The van der Waals surface area contributed by atoms with Crippen LogP contribution in [0.1, 0.15) is 4.88 Å². The molecule has 1 aromatic carbocycles. The van der Waals surface area contributed by atoms with Gasteiger partial charge in [0.2, 0.25) is 5.88 Å². The topological polar surface area (TPSA) is 61.3 Å².